The van der Waals surface area contributed by atoms with Crippen LogP contribution >= 0.6 is 11.3 Å². The zero-order valence-electron chi connectivity index (χ0n) is 18.0. The van der Waals surface area contributed by atoms with Gasteiger partial charge in [-0.3, -0.25) is 15.1 Å². The molecule has 0 unspecified atom stereocenters. The van der Waals surface area contributed by atoms with E-state index in [1.165, 1.54) is 11.3 Å². The van der Waals surface area contributed by atoms with Crippen molar-refractivity contribution in [2.75, 3.05) is 12.4 Å². The fourth-order valence-electron chi connectivity index (χ4n) is 3.77. The molecule has 0 aromatic carbocycles. The van der Waals surface area contributed by atoms with Gasteiger partial charge in [-0.25, -0.2) is 9.97 Å². The Kier molecular flexibility index (Phi) is 6.03. The van der Waals surface area contributed by atoms with Crippen LogP contribution in [0.15, 0.2) is 66.6 Å². The van der Waals surface area contributed by atoms with Crippen LogP contribution in [-0.4, -0.2) is 38.6 Å². The molecule has 5 rings (SSSR count). The summed E-state index contributed by atoms with van der Waals surface area (Å²) < 4.78 is 13.0. The van der Waals surface area contributed by atoms with Crippen molar-refractivity contribution >= 4 is 22.4 Å². The smallest absolute Gasteiger partial charge is 0.274 e. The molecule has 168 valence electrons. The molecule has 4 heterocycles. The van der Waals surface area contributed by atoms with Gasteiger partial charge in [-0.15, -0.1) is 11.3 Å². The summed E-state index contributed by atoms with van der Waals surface area (Å²) in [5.74, 6) is 1.46. The Labute approximate surface area is 195 Å². The Morgan fingerprint density at radius 1 is 1.21 bits per heavy atom. The molecule has 0 spiro atoms. The van der Waals surface area contributed by atoms with E-state index in [9.17, 15) is 4.79 Å². The normalized spacial score (nSPS) is 17.2. The van der Waals surface area contributed by atoms with Crippen molar-refractivity contribution in [3.63, 3.8) is 0 Å². The molecule has 1 amide bonds. The number of hydrogen-bond donors (Lipinski definition) is 1. The summed E-state index contributed by atoms with van der Waals surface area (Å²) in [4.78, 5) is 25.8. The lowest BCUT2D eigenvalue weighted by molar-refractivity contribution is 0.0921. The number of carbonyl (C=O) groups is 1. The van der Waals surface area contributed by atoms with E-state index in [1.54, 1.807) is 25.7 Å². The maximum atomic E-state index is 12.8. The third-order valence-electron chi connectivity index (χ3n) is 5.65. The molecule has 1 aliphatic rings. The average molecular weight is 462 g/mol. The molecule has 8 nitrogen and oxygen atoms in total. The zero-order chi connectivity index (χ0) is 22.6. The first-order valence-corrected chi connectivity index (χ1v) is 11.5. The van der Waals surface area contributed by atoms with Crippen molar-refractivity contribution in [2.45, 2.75) is 31.4 Å². The van der Waals surface area contributed by atoms with E-state index in [-0.39, 0.29) is 12.0 Å². The van der Waals surface area contributed by atoms with E-state index in [0.29, 0.717) is 34.9 Å². The number of methoxy groups -OCH3 is 1. The van der Waals surface area contributed by atoms with Gasteiger partial charge in [0, 0.05) is 42.5 Å². The third-order valence-corrected chi connectivity index (χ3v) is 6.43. The molecule has 1 N–H and O–H groups in total. The Bertz CT molecular complexity index is 1220. The van der Waals surface area contributed by atoms with Crippen LogP contribution in [0.25, 0.3) is 0 Å². The van der Waals surface area contributed by atoms with Crippen LogP contribution in [0.5, 0.6) is 11.6 Å². The van der Waals surface area contributed by atoms with Crippen LogP contribution in [0.4, 0.5) is 5.13 Å². The SMILES string of the molecule is COc1ccc(O[C@H]2C[C@@H](c3csc(NC(=O)c4cccn4Cc4ccncc4)n3)C2)nc1. The summed E-state index contributed by atoms with van der Waals surface area (Å²) in [7, 11) is 1.61. The summed E-state index contributed by atoms with van der Waals surface area (Å²) in [6.45, 7) is 0.605. The number of anilines is 1. The molecule has 4 aromatic heterocycles. The number of thiazole rings is 1. The first-order valence-electron chi connectivity index (χ1n) is 10.7. The summed E-state index contributed by atoms with van der Waals surface area (Å²) in [5, 5.41) is 5.55. The highest BCUT2D eigenvalue weighted by atomic mass is 32.1. The first kappa shape index (κ1) is 21.1. The molecule has 33 heavy (non-hydrogen) atoms. The molecule has 0 radical (unpaired) electrons. The predicted molar refractivity (Wildman–Crippen MR) is 125 cm³/mol. The van der Waals surface area contributed by atoms with E-state index in [1.807, 2.05) is 52.5 Å². The first-order chi connectivity index (χ1) is 16.2. The molecule has 0 bridgehead atoms. The second-order valence-electron chi connectivity index (χ2n) is 7.85. The number of hydrogen-bond acceptors (Lipinski definition) is 7. The Hall–Kier alpha value is -3.72. The number of ether oxygens (including phenoxy) is 2. The fraction of sp³-hybridized carbons (Fsp3) is 0.250. The van der Waals surface area contributed by atoms with Gasteiger partial charge < -0.3 is 14.0 Å². The highest BCUT2D eigenvalue weighted by molar-refractivity contribution is 7.14. The largest absolute Gasteiger partial charge is 0.495 e. The summed E-state index contributed by atoms with van der Waals surface area (Å²) in [5.41, 5.74) is 2.66. The summed E-state index contributed by atoms with van der Waals surface area (Å²) >= 11 is 1.44. The molecule has 9 heteroatoms. The lowest BCUT2D eigenvalue weighted by atomic mass is 9.80. The highest BCUT2D eigenvalue weighted by Crippen LogP contribution is 2.40. The summed E-state index contributed by atoms with van der Waals surface area (Å²) in [6, 6.07) is 11.2. The van der Waals surface area contributed by atoms with Gasteiger partial charge in [-0.05, 0) is 48.7 Å². The third kappa shape index (κ3) is 4.88. The number of aromatic nitrogens is 4. The zero-order valence-corrected chi connectivity index (χ0v) is 18.9. The Morgan fingerprint density at radius 3 is 2.82 bits per heavy atom. The van der Waals surface area contributed by atoms with Crippen LogP contribution < -0.4 is 14.8 Å². The van der Waals surface area contributed by atoms with Crippen molar-refractivity contribution < 1.29 is 14.3 Å². The predicted octanol–water partition coefficient (Wildman–Crippen LogP) is 4.37. The maximum Gasteiger partial charge on any atom is 0.274 e. The van der Waals surface area contributed by atoms with Crippen molar-refractivity contribution in [3.05, 3.63) is 83.5 Å². The second kappa shape index (κ2) is 9.41. The lowest BCUT2D eigenvalue weighted by Gasteiger charge is -2.33. The standard InChI is InChI=1S/C24H23N5O3S/c1-31-18-4-5-22(26-13-18)32-19-11-17(12-19)20-15-33-24(27-20)28-23(30)21-3-2-10-29(21)14-16-6-8-25-9-7-16/h2-10,13,15,17,19H,11-12,14H2,1H3,(H,27,28,30)/t17-,19+. The van der Waals surface area contributed by atoms with E-state index < -0.39 is 0 Å². The van der Waals surface area contributed by atoms with Gasteiger partial charge in [0.2, 0.25) is 5.88 Å². The molecule has 1 saturated carbocycles. The monoisotopic (exact) mass is 461 g/mol. The Balaban J connectivity index is 1.15. The van der Waals surface area contributed by atoms with Gasteiger partial charge in [0.15, 0.2) is 5.13 Å². The number of nitrogens with one attached hydrogen (secondary N) is 1. The average Bonchev–Trinajstić information content (AvgIpc) is 3.46. The molecule has 1 aliphatic carbocycles. The molecular weight excluding hydrogens is 438 g/mol. The van der Waals surface area contributed by atoms with E-state index >= 15 is 0 Å². The number of carbonyl (C=O) groups excluding carboxylic acids is 1. The van der Waals surface area contributed by atoms with Crippen LogP contribution in [0.2, 0.25) is 0 Å². The minimum absolute atomic E-state index is 0.118. The van der Waals surface area contributed by atoms with Crippen molar-refractivity contribution in [3.8, 4) is 11.6 Å². The summed E-state index contributed by atoms with van der Waals surface area (Å²) in [6.07, 6.45) is 8.91. The second-order valence-corrected chi connectivity index (χ2v) is 8.71. The number of rotatable bonds is 8. The van der Waals surface area contributed by atoms with Crippen LogP contribution in [0, 0.1) is 0 Å². The van der Waals surface area contributed by atoms with Crippen LogP contribution in [-0.2, 0) is 6.54 Å². The molecule has 1 fully saturated rings. The van der Waals surface area contributed by atoms with E-state index in [0.717, 1.165) is 24.1 Å². The molecule has 4 aromatic rings. The fourth-order valence-corrected chi connectivity index (χ4v) is 4.55. The van der Waals surface area contributed by atoms with Gasteiger partial charge >= 0.3 is 0 Å². The Morgan fingerprint density at radius 2 is 2.06 bits per heavy atom. The van der Waals surface area contributed by atoms with Gasteiger partial charge in [-0.1, -0.05) is 0 Å². The maximum absolute atomic E-state index is 12.8. The minimum atomic E-state index is -0.171. The molecule has 0 aliphatic heterocycles. The highest BCUT2D eigenvalue weighted by Gasteiger charge is 2.34. The molecule has 0 saturated heterocycles. The van der Waals surface area contributed by atoms with Gasteiger partial charge in [0.1, 0.15) is 17.5 Å². The van der Waals surface area contributed by atoms with E-state index in [4.69, 9.17) is 9.47 Å². The lowest BCUT2D eigenvalue weighted by Crippen LogP contribution is -2.32. The van der Waals surface area contributed by atoms with Crippen molar-refractivity contribution in [2.24, 2.45) is 0 Å². The number of nitrogens with zero attached hydrogens (tertiary/aromatic N) is 4. The number of pyridine rings is 2. The van der Waals surface area contributed by atoms with Crippen molar-refractivity contribution in [1.82, 2.24) is 19.5 Å². The van der Waals surface area contributed by atoms with Crippen molar-refractivity contribution in [1.29, 1.82) is 0 Å². The van der Waals surface area contributed by atoms with Gasteiger partial charge in [0.25, 0.3) is 5.91 Å². The van der Waals surface area contributed by atoms with Crippen LogP contribution in [0.3, 0.4) is 0 Å². The molecule has 0 atom stereocenters. The van der Waals surface area contributed by atoms with E-state index in [2.05, 4.69) is 20.3 Å². The molecular formula is C24H23N5O3S. The van der Waals surface area contributed by atoms with Gasteiger partial charge in [-0.2, -0.15) is 0 Å². The van der Waals surface area contributed by atoms with Crippen LogP contribution in [0.1, 0.15) is 40.5 Å². The van der Waals surface area contributed by atoms with Gasteiger partial charge in [0.05, 0.1) is 19.0 Å². The quantitative estimate of drug-likeness (QED) is 0.419. The number of amides is 1. The topological polar surface area (TPSA) is 91.2 Å². The minimum Gasteiger partial charge on any atom is -0.495 e.